The summed E-state index contributed by atoms with van der Waals surface area (Å²) < 4.78 is 41.5. The van der Waals surface area contributed by atoms with Crippen molar-refractivity contribution in [1.82, 2.24) is 4.90 Å². The maximum absolute atomic E-state index is 13.1. The van der Waals surface area contributed by atoms with Crippen molar-refractivity contribution in [2.24, 2.45) is 5.73 Å². The first-order chi connectivity index (χ1) is 14.7. The molecule has 0 atom stereocenters. The zero-order chi connectivity index (χ0) is 22.4. The van der Waals surface area contributed by atoms with E-state index in [1.54, 1.807) is 11.0 Å². The summed E-state index contributed by atoms with van der Waals surface area (Å²) in [5.41, 5.74) is 7.60. The maximum Gasteiger partial charge on any atom is 0.573 e. The smallest absolute Gasteiger partial charge is 0.406 e. The molecule has 2 aromatic carbocycles. The van der Waals surface area contributed by atoms with Gasteiger partial charge in [0.25, 0.3) is 0 Å². The maximum atomic E-state index is 13.1. The molecule has 1 aliphatic rings. The predicted molar refractivity (Wildman–Crippen MR) is 109 cm³/mol. The molecule has 0 spiro atoms. The van der Waals surface area contributed by atoms with E-state index in [0.29, 0.717) is 37.2 Å². The highest BCUT2D eigenvalue weighted by molar-refractivity contribution is 5.83. The van der Waals surface area contributed by atoms with Crippen LogP contribution in [0.3, 0.4) is 0 Å². The van der Waals surface area contributed by atoms with Crippen LogP contribution in [0.2, 0.25) is 0 Å². The summed E-state index contributed by atoms with van der Waals surface area (Å²) in [6, 6.07) is 13.6. The summed E-state index contributed by atoms with van der Waals surface area (Å²) in [5, 5.41) is 0. The zero-order valence-corrected chi connectivity index (χ0v) is 16.9. The summed E-state index contributed by atoms with van der Waals surface area (Å²) in [7, 11) is 0. The summed E-state index contributed by atoms with van der Waals surface area (Å²) in [5.74, 6) is -0.952. The van der Waals surface area contributed by atoms with Crippen molar-refractivity contribution < 1.29 is 27.5 Å². The van der Waals surface area contributed by atoms with E-state index in [-0.39, 0.29) is 31.2 Å². The minimum absolute atomic E-state index is 0.0489. The molecule has 2 N–H and O–H groups in total. The molecule has 31 heavy (non-hydrogen) atoms. The van der Waals surface area contributed by atoms with Crippen molar-refractivity contribution in [2.45, 2.75) is 32.2 Å². The molecule has 0 saturated heterocycles. The van der Waals surface area contributed by atoms with Crippen LogP contribution in [0.25, 0.3) is 0 Å². The molecule has 0 fully saturated rings. The van der Waals surface area contributed by atoms with Crippen LogP contribution >= 0.6 is 0 Å². The number of anilines is 1. The molecule has 166 valence electrons. The van der Waals surface area contributed by atoms with Gasteiger partial charge < -0.3 is 20.3 Å². The monoisotopic (exact) mass is 435 g/mol. The third-order valence-corrected chi connectivity index (χ3v) is 5.02. The van der Waals surface area contributed by atoms with Crippen LogP contribution in [0, 0.1) is 0 Å². The number of ether oxygens (including phenoxy) is 1. The lowest BCUT2D eigenvalue weighted by Gasteiger charge is -2.33. The summed E-state index contributed by atoms with van der Waals surface area (Å²) in [6.45, 7) is 1.19. The quantitative estimate of drug-likeness (QED) is 0.691. The summed E-state index contributed by atoms with van der Waals surface area (Å²) >= 11 is 0. The molecule has 0 aromatic heterocycles. The number of rotatable bonds is 8. The molecule has 0 unspecified atom stereocenters. The number of aryl methyl sites for hydroxylation is 1. The number of hydrogen-bond donors (Lipinski definition) is 1. The van der Waals surface area contributed by atoms with Crippen LogP contribution in [0.1, 0.15) is 24.0 Å². The van der Waals surface area contributed by atoms with Crippen molar-refractivity contribution in [1.29, 1.82) is 0 Å². The first-order valence-electron chi connectivity index (χ1n) is 9.95. The van der Waals surface area contributed by atoms with E-state index in [9.17, 15) is 22.8 Å². The Bertz CT molecular complexity index is 919. The van der Waals surface area contributed by atoms with Crippen molar-refractivity contribution >= 4 is 17.5 Å². The van der Waals surface area contributed by atoms with Crippen LogP contribution in [-0.2, 0) is 22.6 Å². The number of carbonyl (C=O) groups excluding carboxylic acids is 2. The topological polar surface area (TPSA) is 75.9 Å². The number of amides is 2. The lowest BCUT2D eigenvalue weighted by molar-refractivity contribution is -0.274. The third-order valence-electron chi connectivity index (χ3n) is 5.02. The first-order valence-corrected chi connectivity index (χ1v) is 9.95. The van der Waals surface area contributed by atoms with Crippen molar-refractivity contribution in [3.63, 3.8) is 0 Å². The van der Waals surface area contributed by atoms with Crippen LogP contribution in [0.4, 0.5) is 18.9 Å². The molecule has 1 aliphatic heterocycles. The van der Waals surface area contributed by atoms with Crippen LogP contribution in [0.15, 0.2) is 48.5 Å². The number of benzene rings is 2. The number of halogens is 3. The average molecular weight is 435 g/mol. The summed E-state index contributed by atoms with van der Waals surface area (Å²) in [6.07, 6.45) is -3.40. The molecule has 0 aliphatic carbocycles. The van der Waals surface area contributed by atoms with Gasteiger partial charge in [-0.05, 0) is 42.2 Å². The Hall–Kier alpha value is -3.23. The molecule has 0 radical (unpaired) electrons. The van der Waals surface area contributed by atoms with Crippen LogP contribution < -0.4 is 15.4 Å². The van der Waals surface area contributed by atoms with E-state index in [1.807, 2.05) is 35.2 Å². The Morgan fingerprint density at radius 3 is 2.55 bits per heavy atom. The zero-order valence-electron chi connectivity index (χ0n) is 16.9. The van der Waals surface area contributed by atoms with Gasteiger partial charge in [-0.1, -0.05) is 30.3 Å². The Kier molecular flexibility index (Phi) is 7.04. The van der Waals surface area contributed by atoms with Gasteiger partial charge in [0, 0.05) is 31.7 Å². The normalized spacial score (nSPS) is 13.5. The van der Waals surface area contributed by atoms with Crippen LogP contribution in [-0.4, -0.2) is 42.7 Å². The lowest BCUT2D eigenvalue weighted by atomic mass is 10.0. The minimum atomic E-state index is -4.75. The lowest BCUT2D eigenvalue weighted by Crippen LogP contribution is -2.43. The standard InChI is InChI=1S/C22H24F3N3O3/c23-22(24,25)31-18-8-9-19-17(13-18)7-4-11-27(19)15-21(30)28(12-10-20(26)29)14-16-5-2-1-3-6-16/h1-3,5-6,8-9,13H,4,7,10-12,14-15H2,(H2,26,29). The molecule has 9 heteroatoms. The predicted octanol–water partition coefficient (Wildman–Crippen LogP) is 3.24. The second kappa shape index (κ2) is 9.72. The number of nitrogens with two attached hydrogens (primary N) is 1. The minimum Gasteiger partial charge on any atom is -0.406 e. The van der Waals surface area contributed by atoms with E-state index < -0.39 is 12.3 Å². The second-order valence-electron chi connectivity index (χ2n) is 7.38. The second-order valence-corrected chi connectivity index (χ2v) is 7.38. The van der Waals surface area contributed by atoms with Gasteiger partial charge in [-0.15, -0.1) is 13.2 Å². The van der Waals surface area contributed by atoms with Gasteiger partial charge in [0.1, 0.15) is 5.75 Å². The Balaban J connectivity index is 1.73. The van der Waals surface area contributed by atoms with Crippen molar-refractivity contribution in [2.75, 3.05) is 24.5 Å². The van der Waals surface area contributed by atoms with Crippen molar-refractivity contribution in [3.05, 3.63) is 59.7 Å². The van der Waals surface area contributed by atoms with Gasteiger partial charge in [0.05, 0.1) is 6.54 Å². The fourth-order valence-corrected chi connectivity index (χ4v) is 3.62. The van der Waals surface area contributed by atoms with Gasteiger partial charge in [-0.2, -0.15) is 0 Å². The van der Waals surface area contributed by atoms with E-state index in [1.165, 1.54) is 12.1 Å². The van der Waals surface area contributed by atoms with E-state index in [4.69, 9.17) is 5.73 Å². The molecule has 2 amide bonds. The number of fused-ring (bicyclic) bond motifs is 1. The van der Waals surface area contributed by atoms with Crippen molar-refractivity contribution in [3.8, 4) is 5.75 Å². The molecule has 6 nitrogen and oxygen atoms in total. The molecular formula is C22H24F3N3O3. The molecular weight excluding hydrogens is 411 g/mol. The molecule has 1 heterocycles. The Labute approximate surface area is 178 Å². The third kappa shape index (κ3) is 6.63. The number of carbonyl (C=O) groups is 2. The highest BCUT2D eigenvalue weighted by atomic mass is 19.4. The number of hydrogen-bond acceptors (Lipinski definition) is 4. The Morgan fingerprint density at radius 1 is 1.13 bits per heavy atom. The van der Waals surface area contributed by atoms with E-state index in [2.05, 4.69) is 4.74 Å². The van der Waals surface area contributed by atoms with Gasteiger partial charge in [0.2, 0.25) is 11.8 Å². The largest absolute Gasteiger partial charge is 0.573 e. The molecule has 2 aromatic rings. The average Bonchev–Trinajstić information content (AvgIpc) is 2.70. The van der Waals surface area contributed by atoms with Gasteiger partial charge >= 0.3 is 6.36 Å². The van der Waals surface area contributed by atoms with Crippen LogP contribution in [0.5, 0.6) is 5.75 Å². The Morgan fingerprint density at radius 2 is 1.87 bits per heavy atom. The molecule has 3 rings (SSSR count). The van der Waals surface area contributed by atoms with Gasteiger partial charge in [0.15, 0.2) is 0 Å². The van der Waals surface area contributed by atoms with E-state index in [0.717, 1.165) is 5.56 Å². The highest BCUT2D eigenvalue weighted by Gasteiger charge is 2.32. The highest BCUT2D eigenvalue weighted by Crippen LogP contribution is 2.32. The SMILES string of the molecule is NC(=O)CCN(Cc1ccccc1)C(=O)CN1CCCc2cc(OC(F)(F)F)ccc21. The van der Waals surface area contributed by atoms with Gasteiger partial charge in [-0.3, -0.25) is 9.59 Å². The van der Waals surface area contributed by atoms with Gasteiger partial charge in [-0.25, -0.2) is 0 Å². The molecule has 0 saturated carbocycles. The first kappa shape index (κ1) is 22.5. The fourth-order valence-electron chi connectivity index (χ4n) is 3.62. The number of alkyl halides is 3. The summed E-state index contributed by atoms with van der Waals surface area (Å²) in [4.78, 5) is 27.7. The number of primary amides is 1. The fraction of sp³-hybridized carbons (Fsp3) is 0.364. The molecule has 0 bridgehead atoms. The number of nitrogens with zero attached hydrogens (tertiary/aromatic N) is 2. The van der Waals surface area contributed by atoms with E-state index >= 15 is 0 Å².